The van der Waals surface area contributed by atoms with Crippen LogP contribution in [0.4, 0.5) is 9.18 Å². The van der Waals surface area contributed by atoms with E-state index in [-0.39, 0.29) is 11.9 Å². The van der Waals surface area contributed by atoms with Crippen LogP contribution >= 0.6 is 0 Å². The van der Waals surface area contributed by atoms with Crippen molar-refractivity contribution >= 4 is 6.09 Å². The lowest BCUT2D eigenvalue weighted by Gasteiger charge is -2.24. The van der Waals surface area contributed by atoms with Crippen molar-refractivity contribution in [1.29, 1.82) is 0 Å². The Morgan fingerprint density at radius 2 is 2.20 bits per heavy atom. The third-order valence-corrected chi connectivity index (χ3v) is 3.32. The quantitative estimate of drug-likeness (QED) is 0.791. The van der Waals surface area contributed by atoms with Crippen molar-refractivity contribution in [2.24, 2.45) is 0 Å². The van der Waals surface area contributed by atoms with Gasteiger partial charge in [0.1, 0.15) is 11.4 Å². The minimum atomic E-state index is -0.534. The normalized spacial score (nSPS) is 18.9. The molecule has 1 atom stereocenters. The molecule has 3 nitrogen and oxygen atoms in total. The summed E-state index contributed by atoms with van der Waals surface area (Å²) in [7, 11) is 0. The SMILES string of the molecule is CC(C)(C)OC(=O)N[C@@H]1CCCCc2c(F)[c]ccc21. The Balaban J connectivity index is 2.17. The molecule has 1 aromatic rings. The van der Waals surface area contributed by atoms with E-state index in [0.29, 0.717) is 12.0 Å². The van der Waals surface area contributed by atoms with Crippen LogP contribution in [0.2, 0.25) is 0 Å². The van der Waals surface area contributed by atoms with Gasteiger partial charge in [-0.2, -0.15) is 0 Å². The second-order valence-corrected chi connectivity index (χ2v) is 6.17. The van der Waals surface area contributed by atoms with Gasteiger partial charge in [-0.1, -0.05) is 18.6 Å². The van der Waals surface area contributed by atoms with Crippen LogP contribution in [-0.4, -0.2) is 11.7 Å². The zero-order valence-corrected chi connectivity index (χ0v) is 12.3. The Hall–Kier alpha value is -1.58. The van der Waals surface area contributed by atoms with Crippen molar-refractivity contribution in [2.75, 3.05) is 0 Å². The molecule has 1 aliphatic carbocycles. The van der Waals surface area contributed by atoms with E-state index in [4.69, 9.17) is 4.74 Å². The van der Waals surface area contributed by atoms with Gasteiger partial charge in [0, 0.05) is 6.07 Å². The zero-order valence-electron chi connectivity index (χ0n) is 12.3. The molecule has 0 aliphatic heterocycles. The van der Waals surface area contributed by atoms with Gasteiger partial charge in [-0.25, -0.2) is 9.18 Å². The van der Waals surface area contributed by atoms with Gasteiger partial charge in [-0.3, -0.25) is 0 Å². The lowest BCUT2D eigenvalue weighted by atomic mass is 9.99. The van der Waals surface area contributed by atoms with E-state index in [9.17, 15) is 9.18 Å². The molecule has 0 saturated carbocycles. The van der Waals surface area contributed by atoms with E-state index in [0.717, 1.165) is 24.8 Å². The molecule has 1 radical (unpaired) electrons. The molecule has 2 rings (SSSR count). The number of carbonyl (C=O) groups excluding carboxylic acids is 1. The number of rotatable bonds is 1. The molecule has 0 fully saturated rings. The summed E-state index contributed by atoms with van der Waals surface area (Å²) in [6, 6.07) is 5.81. The van der Waals surface area contributed by atoms with Crippen LogP contribution < -0.4 is 5.32 Å². The lowest BCUT2D eigenvalue weighted by Crippen LogP contribution is -2.35. The van der Waals surface area contributed by atoms with E-state index >= 15 is 0 Å². The van der Waals surface area contributed by atoms with Gasteiger partial charge >= 0.3 is 6.09 Å². The van der Waals surface area contributed by atoms with E-state index in [1.165, 1.54) is 0 Å². The van der Waals surface area contributed by atoms with Crippen molar-refractivity contribution in [3.63, 3.8) is 0 Å². The molecule has 0 aromatic heterocycles. The van der Waals surface area contributed by atoms with Gasteiger partial charge in [0.2, 0.25) is 0 Å². The number of alkyl carbamates (subject to hydrolysis) is 1. The van der Waals surface area contributed by atoms with Gasteiger partial charge in [0.05, 0.1) is 6.04 Å². The van der Waals surface area contributed by atoms with Gasteiger partial charge < -0.3 is 10.1 Å². The topological polar surface area (TPSA) is 38.3 Å². The van der Waals surface area contributed by atoms with Crippen LogP contribution in [0.25, 0.3) is 0 Å². The maximum atomic E-state index is 13.8. The first-order valence-corrected chi connectivity index (χ1v) is 7.05. The number of carbonyl (C=O) groups is 1. The average Bonchev–Trinajstić information content (AvgIpc) is 2.51. The number of hydrogen-bond donors (Lipinski definition) is 1. The van der Waals surface area contributed by atoms with Crippen molar-refractivity contribution in [3.05, 3.63) is 35.1 Å². The highest BCUT2D eigenvalue weighted by atomic mass is 19.1. The molecule has 0 heterocycles. The first-order valence-electron chi connectivity index (χ1n) is 7.05. The Labute approximate surface area is 119 Å². The van der Waals surface area contributed by atoms with Crippen LogP contribution in [0, 0.1) is 11.9 Å². The fourth-order valence-electron chi connectivity index (χ4n) is 2.51. The minimum Gasteiger partial charge on any atom is -0.444 e. The highest BCUT2D eigenvalue weighted by molar-refractivity contribution is 5.68. The van der Waals surface area contributed by atoms with Crippen molar-refractivity contribution in [2.45, 2.75) is 58.1 Å². The monoisotopic (exact) mass is 278 g/mol. The fraction of sp³-hybridized carbons (Fsp3) is 0.562. The Kier molecular flexibility index (Phi) is 4.31. The molecule has 1 aromatic carbocycles. The van der Waals surface area contributed by atoms with Gasteiger partial charge in [0.15, 0.2) is 0 Å². The van der Waals surface area contributed by atoms with E-state index < -0.39 is 11.7 Å². The Morgan fingerprint density at radius 3 is 2.90 bits per heavy atom. The number of ether oxygens (including phenoxy) is 1. The predicted octanol–water partition coefficient (Wildman–Crippen LogP) is 3.92. The molecular formula is C16H21FNO2. The largest absolute Gasteiger partial charge is 0.444 e. The highest BCUT2D eigenvalue weighted by Crippen LogP contribution is 2.30. The number of benzene rings is 1. The van der Waals surface area contributed by atoms with Crippen LogP contribution in [0.15, 0.2) is 12.1 Å². The molecule has 1 amide bonds. The molecule has 0 unspecified atom stereocenters. The zero-order chi connectivity index (χ0) is 14.8. The molecule has 1 N–H and O–H groups in total. The summed E-state index contributed by atoms with van der Waals surface area (Å²) < 4.78 is 19.1. The van der Waals surface area contributed by atoms with Gasteiger partial charge in [0.25, 0.3) is 0 Å². The summed E-state index contributed by atoms with van der Waals surface area (Å²) >= 11 is 0. The minimum absolute atomic E-state index is 0.188. The first kappa shape index (κ1) is 14.8. The summed E-state index contributed by atoms with van der Waals surface area (Å²) in [5.41, 5.74) is 0.989. The number of amides is 1. The summed E-state index contributed by atoms with van der Waals surface area (Å²) in [4.78, 5) is 11.9. The summed E-state index contributed by atoms with van der Waals surface area (Å²) in [5, 5.41) is 2.86. The van der Waals surface area contributed by atoms with Crippen molar-refractivity contribution in [3.8, 4) is 0 Å². The van der Waals surface area contributed by atoms with Crippen molar-refractivity contribution < 1.29 is 13.9 Å². The van der Waals surface area contributed by atoms with E-state index in [2.05, 4.69) is 11.4 Å². The van der Waals surface area contributed by atoms with E-state index in [1.807, 2.05) is 26.8 Å². The van der Waals surface area contributed by atoms with Crippen LogP contribution in [0.1, 0.15) is 57.2 Å². The smallest absolute Gasteiger partial charge is 0.408 e. The number of halogens is 1. The van der Waals surface area contributed by atoms with Crippen LogP contribution in [-0.2, 0) is 11.2 Å². The Morgan fingerprint density at radius 1 is 1.45 bits per heavy atom. The predicted molar refractivity (Wildman–Crippen MR) is 74.9 cm³/mol. The standard InChI is InChI=1S/C16H21FNO2/c1-16(2,3)20-15(19)18-14-10-5-4-7-11-12(14)8-6-9-13(11)17/h6,8,14H,4-5,7,10H2,1-3H3,(H,18,19)/t14-/m1/s1. The fourth-order valence-corrected chi connectivity index (χ4v) is 2.51. The number of fused-ring (bicyclic) bond motifs is 1. The molecule has 4 heteroatoms. The maximum Gasteiger partial charge on any atom is 0.408 e. The molecule has 20 heavy (non-hydrogen) atoms. The Bertz CT molecular complexity index is 494. The molecule has 0 saturated heterocycles. The molecule has 0 spiro atoms. The molecule has 109 valence electrons. The number of nitrogens with one attached hydrogen (secondary N) is 1. The average molecular weight is 278 g/mol. The molecule has 0 bridgehead atoms. The maximum absolute atomic E-state index is 13.8. The molecule has 1 aliphatic rings. The third kappa shape index (κ3) is 3.71. The lowest BCUT2D eigenvalue weighted by molar-refractivity contribution is 0.0501. The summed E-state index contributed by atoms with van der Waals surface area (Å²) in [6.45, 7) is 5.47. The number of hydrogen-bond acceptors (Lipinski definition) is 2. The van der Waals surface area contributed by atoms with Crippen molar-refractivity contribution in [1.82, 2.24) is 5.32 Å². The summed E-state index contributed by atoms with van der Waals surface area (Å²) in [5.74, 6) is -0.305. The second-order valence-electron chi connectivity index (χ2n) is 6.17. The van der Waals surface area contributed by atoms with Crippen LogP contribution in [0.5, 0.6) is 0 Å². The third-order valence-electron chi connectivity index (χ3n) is 3.32. The van der Waals surface area contributed by atoms with Gasteiger partial charge in [-0.05, 0) is 51.2 Å². The molecular weight excluding hydrogens is 257 g/mol. The summed E-state index contributed by atoms with van der Waals surface area (Å²) in [6.07, 6.45) is 2.92. The highest BCUT2D eigenvalue weighted by Gasteiger charge is 2.24. The van der Waals surface area contributed by atoms with Gasteiger partial charge in [-0.15, -0.1) is 0 Å². The van der Waals surface area contributed by atoms with Crippen LogP contribution in [0.3, 0.4) is 0 Å². The van der Waals surface area contributed by atoms with E-state index in [1.54, 1.807) is 6.07 Å². The first-order chi connectivity index (χ1) is 9.37. The second kappa shape index (κ2) is 5.81.